The zero-order valence-corrected chi connectivity index (χ0v) is 16.3. The Hall–Kier alpha value is -3.02. The number of ether oxygens (including phenoxy) is 2. The van der Waals surface area contributed by atoms with Gasteiger partial charge in [-0.25, -0.2) is 0 Å². The summed E-state index contributed by atoms with van der Waals surface area (Å²) in [5, 5.41) is 0. The molecule has 0 aliphatic rings. The third-order valence-corrected chi connectivity index (χ3v) is 4.29. The van der Waals surface area contributed by atoms with Gasteiger partial charge >= 0.3 is 0 Å². The Morgan fingerprint density at radius 3 is 2.22 bits per heavy atom. The molecule has 0 aromatic heterocycles. The standard InChI is InChI=1S/C21H26N2O4/c1-5-22(17-9-7-6-8-10-17)21(25)13-14-23(16(2)24)19-15-18(26-3)11-12-20(19)27-4/h6-12,15H,5,13-14H2,1-4H3. The lowest BCUT2D eigenvalue weighted by molar-refractivity contribution is -0.118. The van der Waals surface area contributed by atoms with Crippen molar-refractivity contribution >= 4 is 23.2 Å². The third-order valence-electron chi connectivity index (χ3n) is 4.29. The number of rotatable bonds is 8. The van der Waals surface area contributed by atoms with Gasteiger partial charge in [0, 0.05) is 38.2 Å². The van der Waals surface area contributed by atoms with Crippen molar-refractivity contribution in [3.8, 4) is 11.5 Å². The Bertz CT molecular complexity index is 777. The number of hydrogen-bond donors (Lipinski definition) is 0. The summed E-state index contributed by atoms with van der Waals surface area (Å²) in [7, 11) is 3.11. The molecule has 0 radical (unpaired) electrons. The molecule has 0 saturated carbocycles. The van der Waals surface area contributed by atoms with E-state index < -0.39 is 0 Å². The molecule has 0 unspecified atom stereocenters. The molecule has 2 aromatic carbocycles. The topological polar surface area (TPSA) is 59.1 Å². The molecule has 0 bridgehead atoms. The maximum Gasteiger partial charge on any atom is 0.228 e. The molecule has 2 rings (SSSR count). The van der Waals surface area contributed by atoms with Gasteiger partial charge in [0.15, 0.2) is 0 Å². The number of methoxy groups -OCH3 is 2. The van der Waals surface area contributed by atoms with E-state index in [1.807, 2.05) is 37.3 Å². The first-order valence-corrected chi connectivity index (χ1v) is 8.87. The van der Waals surface area contributed by atoms with E-state index in [9.17, 15) is 9.59 Å². The van der Waals surface area contributed by atoms with Crippen LogP contribution in [0.1, 0.15) is 20.3 Å². The summed E-state index contributed by atoms with van der Waals surface area (Å²) in [4.78, 5) is 28.2. The lowest BCUT2D eigenvalue weighted by Crippen LogP contribution is -2.36. The molecule has 27 heavy (non-hydrogen) atoms. The molecule has 0 saturated heterocycles. The van der Waals surface area contributed by atoms with Crippen LogP contribution in [0.4, 0.5) is 11.4 Å². The van der Waals surface area contributed by atoms with Crippen molar-refractivity contribution in [3.05, 3.63) is 48.5 Å². The number of benzene rings is 2. The first-order valence-electron chi connectivity index (χ1n) is 8.87. The molecule has 6 heteroatoms. The average Bonchev–Trinajstić information content (AvgIpc) is 2.69. The van der Waals surface area contributed by atoms with E-state index in [0.717, 1.165) is 5.69 Å². The van der Waals surface area contributed by atoms with Crippen LogP contribution in [-0.2, 0) is 9.59 Å². The maximum absolute atomic E-state index is 12.7. The van der Waals surface area contributed by atoms with Crippen molar-refractivity contribution in [1.29, 1.82) is 0 Å². The fourth-order valence-electron chi connectivity index (χ4n) is 2.91. The van der Waals surface area contributed by atoms with Crippen LogP contribution < -0.4 is 19.3 Å². The highest BCUT2D eigenvalue weighted by Gasteiger charge is 2.20. The van der Waals surface area contributed by atoms with Crippen LogP contribution in [0, 0.1) is 0 Å². The van der Waals surface area contributed by atoms with Crippen LogP contribution >= 0.6 is 0 Å². The lowest BCUT2D eigenvalue weighted by Gasteiger charge is -2.26. The van der Waals surface area contributed by atoms with E-state index >= 15 is 0 Å². The number of carbonyl (C=O) groups excluding carboxylic acids is 2. The van der Waals surface area contributed by atoms with Crippen molar-refractivity contribution < 1.29 is 19.1 Å². The predicted molar refractivity (Wildman–Crippen MR) is 107 cm³/mol. The van der Waals surface area contributed by atoms with Gasteiger partial charge in [-0.15, -0.1) is 0 Å². The van der Waals surface area contributed by atoms with Gasteiger partial charge in [0.2, 0.25) is 11.8 Å². The predicted octanol–water partition coefficient (Wildman–Crippen LogP) is 3.50. The fourth-order valence-corrected chi connectivity index (χ4v) is 2.91. The first kappa shape index (κ1) is 20.3. The lowest BCUT2D eigenvalue weighted by atomic mass is 10.2. The molecule has 0 fully saturated rings. The molecular formula is C21H26N2O4. The molecule has 2 aromatic rings. The van der Waals surface area contributed by atoms with Gasteiger partial charge < -0.3 is 19.3 Å². The molecule has 0 atom stereocenters. The van der Waals surface area contributed by atoms with Gasteiger partial charge in [0.05, 0.1) is 19.9 Å². The van der Waals surface area contributed by atoms with E-state index in [1.165, 1.54) is 11.8 Å². The number of amides is 2. The van der Waals surface area contributed by atoms with E-state index in [0.29, 0.717) is 23.7 Å². The average molecular weight is 370 g/mol. The van der Waals surface area contributed by atoms with E-state index in [2.05, 4.69) is 0 Å². The number of nitrogens with zero attached hydrogens (tertiary/aromatic N) is 2. The summed E-state index contributed by atoms with van der Waals surface area (Å²) in [6, 6.07) is 14.7. The summed E-state index contributed by atoms with van der Waals surface area (Å²) >= 11 is 0. The van der Waals surface area contributed by atoms with Crippen LogP contribution in [0.2, 0.25) is 0 Å². The second-order valence-electron chi connectivity index (χ2n) is 5.93. The van der Waals surface area contributed by atoms with Gasteiger partial charge in [-0.2, -0.15) is 0 Å². The quantitative estimate of drug-likeness (QED) is 0.714. The smallest absolute Gasteiger partial charge is 0.228 e. The zero-order chi connectivity index (χ0) is 19.8. The first-order chi connectivity index (χ1) is 13.0. The Balaban J connectivity index is 2.20. The Labute approximate surface area is 160 Å². The second kappa shape index (κ2) is 9.62. The van der Waals surface area contributed by atoms with Crippen molar-refractivity contribution in [2.75, 3.05) is 37.1 Å². The van der Waals surface area contributed by atoms with Crippen molar-refractivity contribution in [1.82, 2.24) is 0 Å². The van der Waals surface area contributed by atoms with Gasteiger partial charge in [0.1, 0.15) is 11.5 Å². The van der Waals surface area contributed by atoms with Gasteiger partial charge in [-0.1, -0.05) is 18.2 Å². The second-order valence-corrected chi connectivity index (χ2v) is 5.93. The number of para-hydroxylation sites is 1. The molecule has 144 valence electrons. The van der Waals surface area contributed by atoms with Crippen molar-refractivity contribution in [3.63, 3.8) is 0 Å². The van der Waals surface area contributed by atoms with E-state index in [1.54, 1.807) is 37.3 Å². The molecule has 0 aliphatic heterocycles. The SMILES string of the molecule is CCN(C(=O)CCN(C(C)=O)c1cc(OC)ccc1OC)c1ccccc1. The molecular weight excluding hydrogens is 344 g/mol. The molecule has 0 heterocycles. The molecule has 0 spiro atoms. The van der Waals surface area contributed by atoms with Gasteiger partial charge in [-0.05, 0) is 31.2 Å². The maximum atomic E-state index is 12.7. The number of carbonyl (C=O) groups is 2. The zero-order valence-electron chi connectivity index (χ0n) is 16.3. The van der Waals surface area contributed by atoms with Crippen LogP contribution in [0.3, 0.4) is 0 Å². The number of hydrogen-bond acceptors (Lipinski definition) is 4. The monoisotopic (exact) mass is 370 g/mol. The van der Waals surface area contributed by atoms with Crippen LogP contribution in [0.25, 0.3) is 0 Å². The Morgan fingerprint density at radius 1 is 0.963 bits per heavy atom. The Morgan fingerprint density at radius 2 is 1.67 bits per heavy atom. The highest BCUT2D eigenvalue weighted by atomic mass is 16.5. The Kier molecular flexibility index (Phi) is 7.23. The van der Waals surface area contributed by atoms with E-state index in [4.69, 9.17) is 9.47 Å². The highest BCUT2D eigenvalue weighted by molar-refractivity contribution is 5.97. The highest BCUT2D eigenvalue weighted by Crippen LogP contribution is 2.32. The summed E-state index contributed by atoms with van der Waals surface area (Å²) in [6.45, 7) is 4.21. The van der Waals surface area contributed by atoms with Gasteiger partial charge in [-0.3, -0.25) is 9.59 Å². The summed E-state index contributed by atoms with van der Waals surface area (Å²) < 4.78 is 10.6. The normalized spacial score (nSPS) is 10.2. The van der Waals surface area contributed by atoms with E-state index in [-0.39, 0.29) is 24.8 Å². The van der Waals surface area contributed by atoms with Crippen molar-refractivity contribution in [2.24, 2.45) is 0 Å². The van der Waals surface area contributed by atoms with Crippen LogP contribution in [0.5, 0.6) is 11.5 Å². The summed E-state index contributed by atoms with van der Waals surface area (Å²) in [5.74, 6) is 0.950. The number of anilines is 2. The van der Waals surface area contributed by atoms with Crippen LogP contribution in [-0.4, -0.2) is 39.1 Å². The van der Waals surface area contributed by atoms with Gasteiger partial charge in [0.25, 0.3) is 0 Å². The summed E-state index contributed by atoms with van der Waals surface area (Å²) in [6.07, 6.45) is 0.197. The molecule has 0 N–H and O–H groups in total. The molecule has 0 aliphatic carbocycles. The minimum Gasteiger partial charge on any atom is -0.497 e. The summed E-state index contributed by atoms with van der Waals surface area (Å²) in [5.41, 5.74) is 1.43. The third kappa shape index (κ3) is 5.00. The minimum absolute atomic E-state index is 0.0446. The van der Waals surface area contributed by atoms with Crippen molar-refractivity contribution in [2.45, 2.75) is 20.3 Å². The molecule has 2 amide bonds. The minimum atomic E-state index is -0.169. The van der Waals surface area contributed by atoms with Crippen LogP contribution in [0.15, 0.2) is 48.5 Å². The molecule has 6 nitrogen and oxygen atoms in total. The fraction of sp³-hybridized carbons (Fsp3) is 0.333. The largest absolute Gasteiger partial charge is 0.497 e.